The topological polar surface area (TPSA) is 76.8 Å². The van der Waals surface area contributed by atoms with Crippen LogP contribution in [0.1, 0.15) is 18.2 Å². The highest BCUT2D eigenvalue weighted by molar-refractivity contribution is 5.96. The average molecular weight is 476 g/mol. The molecule has 4 aromatic rings. The Bertz CT molecular complexity index is 1320. The molecule has 8 heteroatoms. The van der Waals surface area contributed by atoms with Gasteiger partial charge >= 0.3 is 0 Å². The van der Waals surface area contributed by atoms with Gasteiger partial charge in [-0.25, -0.2) is 9.37 Å². The van der Waals surface area contributed by atoms with E-state index in [9.17, 15) is 14.3 Å². The number of hydrogen-bond donors (Lipinski definition) is 1. The Labute approximate surface area is 202 Å². The minimum absolute atomic E-state index is 0.0383. The summed E-state index contributed by atoms with van der Waals surface area (Å²) in [4.78, 5) is 19.3. The Morgan fingerprint density at radius 1 is 1.06 bits per heavy atom. The van der Waals surface area contributed by atoms with Crippen molar-refractivity contribution in [1.29, 1.82) is 0 Å². The van der Waals surface area contributed by atoms with Crippen molar-refractivity contribution in [3.05, 3.63) is 84.4 Å². The summed E-state index contributed by atoms with van der Waals surface area (Å²) >= 11 is 0. The van der Waals surface area contributed by atoms with Gasteiger partial charge in [-0.2, -0.15) is 0 Å². The highest BCUT2D eigenvalue weighted by atomic mass is 19.1. The number of halogens is 1. The number of aliphatic hydroxyl groups is 1. The number of nitrogens with zero attached hydrogens (tertiary/aromatic N) is 3. The first kappa shape index (κ1) is 22.9. The molecule has 35 heavy (non-hydrogen) atoms. The van der Waals surface area contributed by atoms with Gasteiger partial charge in [0.15, 0.2) is 0 Å². The quantitative estimate of drug-likeness (QED) is 0.415. The highest BCUT2D eigenvalue weighted by Gasteiger charge is 2.35. The maximum atomic E-state index is 13.4. The van der Waals surface area contributed by atoms with E-state index < -0.39 is 6.10 Å². The molecule has 1 amide bonds. The minimum Gasteiger partial charge on any atom is -0.497 e. The smallest absolute Gasteiger partial charge is 0.227 e. The van der Waals surface area contributed by atoms with Crippen LogP contribution in [0.2, 0.25) is 0 Å². The van der Waals surface area contributed by atoms with Crippen molar-refractivity contribution in [2.75, 3.05) is 25.2 Å². The second kappa shape index (κ2) is 9.76. The number of hydrogen-bond acceptors (Lipinski definition) is 5. The van der Waals surface area contributed by atoms with E-state index in [1.165, 1.54) is 12.1 Å². The van der Waals surface area contributed by atoms with Crippen molar-refractivity contribution in [2.45, 2.75) is 25.0 Å². The summed E-state index contributed by atoms with van der Waals surface area (Å²) in [6.45, 7) is 0.809. The van der Waals surface area contributed by atoms with E-state index in [-0.39, 0.29) is 30.8 Å². The highest BCUT2D eigenvalue weighted by Crippen LogP contribution is 2.33. The molecule has 0 saturated carbocycles. The number of carbonyl (C=O) groups is 1. The molecule has 180 valence electrons. The van der Waals surface area contributed by atoms with Crippen molar-refractivity contribution in [3.8, 4) is 11.5 Å². The standard InChI is InChI=1S/C27H26FN3O4/c1-34-22-10-12-23(13-11-22)35-17-21(32)16-31-25-5-3-2-4-24(25)29-27(31)18-14-26(33)30(15-18)20-8-6-19(28)7-9-20/h2-13,18,21,32H,14-17H2,1H3/t18-,21+/m0/s1. The van der Waals surface area contributed by atoms with Gasteiger partial charge in [-0.05, 0) is 60.7 Å². The number of amides is 1. The molecule has 0 bridgehead atoms. The number of aliphatic hydroxyl groups excluding tert-OH is 1. The molecule has 1 N–H and O–H groups in total. The summed E-state index contributed by atoms with van der Waals surface area (Å²) < 4.78 is 26.2. The SMILES string of the molecule is COc1ccc(OC[C@H](O)Cn2c([C@H]3CC(=O)N(c4ccc(F)cc4)C3)nc3ccccc32)cc1. The molecule has 1 aliphatic rings. The van der Waals surface area contributed by atoms with Gasteiger partial charge in [0.1, 0.15) is 35.9 Å². The molecular weight excluding hydrogens is 449 g/mol. The van der Waals surface area contributed by atoms with Gasteiger partial charge in [-0.3, -0.25) is 4.79 Å². The molecule has 7 nitrogen and oxygen atoms in total. The lowest BCUT2D eigenvalue weighted by Crippen LogP contribution is -2.26. The summed E-state index contributed by atoms with van der Waals surface area (Å²) in [6, 6.07) is 20.8. The van der Waals surface area contributed by atoms with Crippen LogP contribution in [0, 0.1) is 5.82 Å². The first-order chi connectivity index (χ1) is 17.0. The summed E-state index contributed by atoms with van der Waals surface area (Å²) in [5, 5.41) is 10.8. The number of imidazole rings is 1. The Morgan fingerprint density at radius 2 is 1.77 bits per heavy atom. The lowest BCUT2D eigenvalue weighted by atomic mass is 10.1. The Kier molecular flexibility index (Phi) is 6.37. The molecule has 1 fully saturated rings. The maximum Gasteiger partial charge on any atom is 0.227 e. The van der Waals surface area contributed by atoms with E-state index >= 15 is 0 Å². The molecule has 1 aliphatic heterocycles. The fraction of sp³-hybridized carbons (Fsp3) is 0.259. The van der Waals surface area contributed by atoms with Crippen LogP contribution < -0.4 is 14.4 Å². The van der Waals surface area contributed by atoms with Crippen LogP contribution in [-0.4, -0.2) is 46.9 Å². The van der Waals surface area contributed by atoms with Gasteiger partial charge in [0.2, 0.25) is 5.91 Å². The third kappa shape index (κ3) is 4.83. The number of aromatic nitrogens is 2. The Hall–Kier alpha value is -3.91. The van der Waals surface area contributed by atoms with Crippen molar-refractivity contribution >= 4 is 22.6 Å². The molecule has 0 unspecified atom stereocenters. The van der Waals surface area contributed by atoms with Crippen LogP contribution in [-0.2, 0) is 11.3 Å². The second-order valence-corrected chi connectivity index (χ2v) is 8.59. The molecule has 1 saturated heterocycles. The zero-order valence-electron chi connectivity index (χ0n) is 19.3. The summed E-state index contributed by atoms with van der Waals surface area (Å²) in [5.74, 6) is 1.57. The fourth-order valence-electron chi connectivity index (χ4n) is 4.48. The number of benzene rings is 3. The normalized spacial score (nSPS) is 16.6. The maximum absolute atomic E-state index is 13.4. The van der Waals surface area contributed by atoms with Crippen LogP contribution in [0.15, 0.2) is 72.8 Å². The van der Waals surface area contributed by atoms with Crippen LogP contribution in [0.4, 0.5) is 10.1 Å². The van der Waals surface area contributed by atoms with Gasteiger partial charge in [-0.1, -0.05) is 12.1 Å². The number of methoxy groups -OCH3 is 1. The van der Waals surface area contributed by atoms with Gasteiger partial charge in [0.25, 0.3) is 0 Å². The zero-order chi connectivity index (χ0) is 24.4. The number of rotatable bonds is 8. The van der Waals surface area contributed by atoms with Crippen molar-refractivity contribution in [2.24, 2.45) is 0 Å². The number of carbonyl (C=O) groups excluding carboxylic acids is 1. The van der Waals surface area contributed by atoms with Crippen molar-refractivity contribution in [1.82, 2.24) is 9.55 Å². The molecule has 1 aromatic heterocycles. The number of ether oxygens (including phenoxy) is 2. The van der Waals surface area contributed by atoms with Crippen molar-refractivity contribution in [3.63, 3.8) is 0 Å². The van der Waals surface area contributed by atoms with E-state index in [0.717, 1.165) is 22.6 Å². The van der Waals surface area contributed by atoms with E-state index in [2.05, 4.69) is 0 Å². The third-order valence-electron chi connectivity index (χ3n) is 6.21. The lowest BCUT2D eigenvalue weighted by molar-refractivity contribution is -0.117. The van der Waals surface area contributed by atoms with E-state index in [1.54, 1.807) is 48.4 Å². The fourth-order valence-corrected chi connectivity index (χ4v) is 4.48. The average Bonchev–Trinajstić information content (AvgIpc) is 3.44. The molecular formula is C27H26FN3O4. The Balaban J connectivity index is 1.35. The van der Waals surface area contributed by atoms with Gasteiger partial charge in [0, 0.05) is 24.6 Å². The van der Waals surface area contributed by atoms with Gasteiger partial charge < -0.3 is 24.0 Å². The van der Waals surface area contributed by atoms with Gasteiger partial charge in [0.05, 0.1) is 24.7 Å². The molecule has 0 radical (unpaired) electrons. The predicted molar refractivity (Wildman–Crippen MR) is 130 cm³/mol. The number of fused-ring (bicyclic) bond motifs is 1. The summed E-state index contributed by atoms with van der Waals surface area (Å²) in [7, 11) is 1.60. The third-order valence-corrected chi connectivity index (χ3v) is 6.21. The molecule has 5 rings (SSSR count). The molecule has 0 spiro atoms. The monoisotopic (exact) mass is 475 g/mol. The molecule has 2 atom stereocenters. The minimum atomic E-state index is -0.793. The second-order valence-electron chi connectivity index (χ2n) is 8.59. The first-order valence-electron chi connectivity index (χ1n) is 11.5. The first-order valence-corrected chi connectivity index (χ1v) is 11.5. The van der Waals surface area contributed by atoms with Gasteiger partial charge in [-0.15, -0.1) is 0 Å². The van der Waals surface area contributed by atoms with E-state index in [4.69, 9.17) is 14.5 Å². The lowest BCUT2D eigenvalue weighted by Gasteiger charge is -2.19. The van der Waals surface area contributed by atoms with Crippen LogP contribution in [0.3, 0.4) is 0 Å². The largest absolute Gasteiger partial charge is 0.497 e. The Morgan fingerprint density at radius 3 is 2.51 bits per heavy atom. The molecule has 2 heterocycles. The zero-order valence-corrected chi connectivity index (χ0v) is 19.3. The summed E-state index contributed by atoms with van der Waals surface area (Å²) in [5.41, 5.74) is 2.35. The van der Waals surface area contributed by atoms with Crippen LogP contribution in [0.25, 0.3) is 11.0 Å². The summed E-state index contributed by atoms with van der Waals surface area (Å²) in [6.07, 6.45) is -0.502. The van der Waals surface area contributed by atoms with E-state index in [1.807, 2.05) is 28.8 Å². The van der Waals surface area contributed by atoms with Crippen LogP contribution in [0.5, 0.6) is 11.5 Å². The van der Waals surface area contributed by atoms with Crippen LogP contribution >= 0.6 is 0 Å². The van der Waals surface area contributed by atoms with E-state index in [0.29, 0.717) is 24.4 Å². The van der Waals surface area contributed by atoms with Crippen molar-refractivity contribution < 1.29 is 23.8 Å². The molecule has 0 aliphatic carbocycles. The predicted octanol–water partition coefficient (Wildman–Crippen LogP) is 4.14. The number of para-hydroxylation sites is 2. The molecule has 3 aromatic carbocycles. The number of anilines is 1.